The molecule has 0 fully saturated rings. The lowest BCUT2D eigenvalue weighted by molar-refractivity contribution is 0.609. The van der Waals surface area contributed by atoms with Gasteiger partial charge in [-0.25, -0.2) is 9.37 Å². The summed E-state index contributed by atoms with van der Waals surface area (Å²) >= 11 is 3.27. The summed E-state index contributed by atoms with van der Waals surface area (Å²) in [6.07, 6.45) is 0.776. The summed E-state index contributed by atoms with van der Waals surface area (Å²) in [6, 6.07) is 2.98. The van der Waals surface area contributed by atoms with Crippen molar-refractivity contribution in [2.24, 2.45) is 0 Å². The summed E-state index contributed by atoms with van der Waals surface area (Å²) in [5, 5.41) is 0.847. The first kappa shape index (κ1) is 10.2. The predicted molar refractivity (Wildman–Crippen MR) is 54.2 cm³/mol. The van der Waals surface area contributed by atoms with Crippen molar-refractivity contribution < 1.29 is 4.39 Å². The fourth-order valence-electron chi connectivity index (χ4n) is 0.814. The first-order chi connectivity index (χ1) is 6.24. The summed E-state index contributed by atoms with van der Waals surface area (Å²) in [5.41, 5.74) is 1.02. The minimum absolute atomic E-state index is 0.286. The highest BCUT2D eigenvalue weighted by Crippen LogP contribution is 2.03. The average molecular weight is 242 g/mol. The molecular weight excluding hydrogens is 233 g/mol. The largest absolute Gasteiger partial charge is 0.242 e. The van der Waals surface area contributed by atoms with Crippen LogP contribution in [0.15, 0.2) is 12.1 Å². The predicted octanol–water partition coefficient (Wildman–Crippen LogP) is 2.67. The number of aryl methyl sites for hydroxylation is 1. The van der Waals surface area contributed by atoms with Gasteiger partial charge in [-0.1, -0.05) is 21.9 Å². The van der Waals surface area contributed by atoms with Gasteiger partial charge in [-0.15, -0.1) is 0 Å². The van der Waals surface area contributed by atoms with Crippen molar-refractivity contribution in [3.05, 3.63) is 29.3 Å². The number of hydrogen-bond donors (Lipinski definition) is 0. The highest BCUT2D eigenvalue weighted by molar-refractivity contribution is 9.09. The van der Waals surface area contributed by atoms with Gasteiger partial charge in [0.15, 0.2) is 0 Å². The van der Waals surface area contributed by atoms with Crippen molar-refractivity contribution in [1.82, 2.24) is 4.98 Å². The van der Waals surface area contributed by atoms with Crippen LogP contribution in [0.2, 0.25) is 0 Å². The molecule has 0 radical (unpaired) electrons. The molecule has 0 aliphatic carbocycles. The van der Waals surface area contributed by atoms with E-state index in [1.165, 1.54) is 6.07 Å². The van der Waals surface area contributed by atoms with Gasteiger partial charge < -0.3 is 0 Å². The Morgan fingerprint density at radius 1 is 1.54 bits per heavy atom. The fourth-order valence-corrected chi connectivity index (χ4v) is 1.01. The zero-order chi connectivity index (χ0) is 9.68. The number of alkyl halides is 1. The van der Waals surface area contributed by atoms with Gasteiger partial charge in [-0.05, 0) is 25.0 Å². The Bertz CT molecular complexity index is 352. The van der Waals surface area contributed by atoms with Crippen molar-refractivity contribution in [2.45, 2.75) is 13.3 Å². The molecule has 1 aromatic heterocycles. The van der Waals surface area contributed by atoms with Crippen molar-refractivity contribution in [3.63, 3.8) is 0 Å². The van der Waals surface area contributed by atoms with Gasteiger partial charge in [-0.2, -0.15) is 0 Å². The molecule has 0 saturated heterocycles. The lowest BCUT2D eigenvalue weighted by atomic mass is 10.3. The van der Waals surface area contributed by atoms with Gasteiger partial charge in [0.25, 0.3) is 0 Å². The molecule has 0 unspecified atom stereocenters. The van der Waals surface area contributed by atoms with Gasteiger partial charge in [-0.3, -0.25) is 0 Å². The zero-order valence-corrected chi connectivity index (χ0v) is 8.86. The van der Waals surface area contributed by atoms with E-state index in [9.17, 15) is 4.39 Å². The highest BCUT2D eigenvalue weighted by Gasteiger charge is 1.97. The molecule has 1 rings (SSSR count). The normalized spacial score (nSPS) is 9.15. The SMILES string of the molecule is Cc1nc(C#CCCBr)ccc1F. The van der Waals surface area contributed by atoms with E-state index in [1.807, 2.05) is 0 Å². The maximum Gasteiger partial charge on any atom is 0.144 e. The zero-order valence-electron chi connectivity index (χ0n) is 7.27. The topological polar surface area (TPSA) is 12.9 Å². The second-order valence-electron chi connectivity index (χ2n) is 2.50. The molecule has 1 heterocycles. The smallest absolute Gasteiger partial charge is 0.144 e. The summed E-state index contributed by atoms with van der Waals surface area (Å²) in [4.78, 5) is 3.98. The minimum Gasteiger partial charge on any atom is -0.242 e. The quantitative estimate of drug-likeness (QED) is 0.545. The Hall–Kier alpha value is -0.880. The molecule has 0 saturated carbocycles. The molecular formula is C10H9BrFN. The maximum absolute atomic E-state index is 12.8. The van der Waals surface area contributed by atoms with Crippen LogP contribution >= 0.6 is 15.9 Å². The molecule has 3 heteroatoms. The maximum atomic E-state index is 12.8. The number of aromatic nitrogens is 1. The Balaban J connectivity index is 2.81. The van der Waals surface area contributed by atoms with Crippen LogP contribution in [0, 0.1) is 24.6 Å². The Morgan fingerprint density at radius 2 is 2.31 bits per heavy atom. The van der Waals surface area contributed by atoms with Crippen LogP contribution in [0.25, 0.3) is 0 Å². The Morgan fingerprint density at radius 3 is 2.92 bits per heavy atom. The number of hydrogen-bond acceptors (Lipinski definition) is 1. The molecule has 0 aliphatic heterocycles. The molecule has 1 aromatic rings. The van der Waals surface area contributed by atoms with Gasteiger partial charge in [0.05, 0.1) is 5.69 Å². The lowest BCUT2D eigenvalue weighted by Gasteiger charge is -1.94. The monoisotopic (exact) mass is 241 g/mol. The van der Waals surface area contributed by atoms with Crippen molar-refractivity contribution >= 4 is 15.9 Å². The molecule has 0 amide bonds. The fraction of sp³-hybridized carbons (Fsp3) is 0.300. The van der Waals surface area contributed by atoms with Gasteiger partial charge in [0.2, 0.25) is 0 Å². The van der Waals surface area contributed by atoms with E-state index in [4.69, 9.17) is 0 Å². The van der Waals surface area contributed by atoms with E-state index in [0.717, 1.165) is 11.8 Å². The molecule has 13 heavy (non-hydrogen) atoms. The van der Waals surface area contributed by atoms with Crippen LogP contribution in [0.5, 0.6) is 0 Å². The third kappa shape index (κ3) is 3.16. The first-order valence-electron chi connectivity index (χ1n) is 3.92. The van der Waals surface area contributed by atoms with Crippen LogP contribution in [0.3, 0.4) is 0 Å². The molecule has 1 nitrogen and oxygen atoms in total. The Kier molecular flexibility index (Phi) is 3.91. The van der Waals surface area contributed by atoms with E-state index < -0.39 is 0 Å². The molecule has 0 atom stereocenters. The highest BCUT2D eigenvalue weighted by atomic mass is 79.9. The second kappa shape index (κ2) is 4.98. The average Bonchev–Trinajstić information content (AvgIpc) is 2.12. The molecule has 0 N–H and O–H groups in total. The van der Waals surface area contributed by atoms with Crippen molar-refractivity contribution in [1.29, 1.82) is 0 Å². The third-order valence-electron chi connectivity index (χ3n) is 1.46. The number of rotatable bonds is 1. The molecule has 0 bridgehead atoms. The summed E-state index contributed by atoms with van der Waals surface area (Å²) in [6.45, 7) is 1.63. The lowest BCUT2D eigenvalue weighted by Crippen LogP contribution is -1.90. The third-order valence-corrected chi connectivity index (χ3v) is 1.85. The number of pyridine rings is 1. The standard InChI is InChI=1S/C10H9BrFN/c1-8-10(12)6-5-9(13-8)4-2-3-7-11/h5-6H,3,7H2,1H3. The van der Waals surface area contributed by atoms with Crippen LogP contribution < -0.4 is 0 Å². The van der Waals surface area contributed by atoms with E-state index in [2.05, 4.69) is 32.8 Å². The van der Waals surface area contributed by atoms with Gasteiger partial charge in [0.1, 0.15) is 11.5 Å². The Labute approximate surface area is 85.5 Å². The second-order valence-corrected chi connectivity index (χ2v) is 3.30. The molecule has 68 valence electrons. The van der Waals surface area contributed by atoms with Crippen molar-refractivity contribution in [2.75, 3.05) is 5.33 Å². The molecule has 0 spiro atoms. The summed E-state index contributed by atoms with van der Waals surface area (Å²) < 4.78 is 12.8. The first-order valence-corrected chi connectivity index (χ1v) is 5.04. The summed E-state index contributed by atoms with van der Waals surface area (Å²) in [7, 11) is 0. The van der Waals surface area contributed by atoms with Crippen molar-refractivity contribution in [3.8, 4) is 11.8 Å². The number of nitrogens with zero attached hydrogens (tertiary/aromatic N) is 1. The van der Waals surface area contributed by atoms with Crippen LogP contribution in [0.4, 0.5) is 4.39 Å². The van der Waals surface area contributed by atoms with Gasteiger partial charge in [0, 0.05) is 11.8 Å². The number of halogens is 2. The van der Waals surface area contributed by atoms with Crippen LogP contribution in [-0.2, 0) is 0 Å². The van der Waals surface area contributed by atoms with E-state index in [1.54, 1.807) is 13.0 Å². The van der Waals surface area contributed by atoms with Crippen LogP contribution in [0.1, 0.15) is 17.8 Å². The van der Waals surface area contributed by atoms with E-state index >= 15 is 0 Å². The van der Waals surface area contributed by atoms with E-state index in [-0.39, 0.29) is 5.82 Å². The minimum atomic E-state index is -0.286. The summed E-state index contributed by atoms with van der Waals surface area (Å²) in [5.74, 6) is 5.49. The van der Waals surface area contributed by atoms with E-state index in [0.29, 0.717) is 11.4 Å². The molecule has 0 aliphatic rings. The van der Waals surface area contributed by atoms with Crippen LogP contribution in [-0.4, -0.2) is 10.3 Å². The molecule has 0 aromatic carbocycles. The van der Waals surface area contributed by atoms with Gasteiger partial charge >= 0.3 is 0 Å².